The standard InChI is InChI=1S/C17H15ClN2O/c1-12-7-8-14(10-13(12)4-3-9-19)17(21)20-16-6-2-5-15(18)11-16/h2,5-8,10-11H,9,19H2,1H3,(H,20,21). The molecule has 4 heteroatoms. The van der Waals surface area contributed by atoms with Crippen molar-refractivity contribution in [3.63, 3.8) is 0 Å². The molecule has 106 valence electrons. The number of amides is 1. The molecule has 0 heterocycles. The fraction of sp³-hybridized carbons (Fsp3) is 0.118. The summed E-state index contributed by atoms with van der Waals surface area (Å²) < 4.78 is 0. The van der Waals surface area contributed by atoms with Crippen molar-refractivity contribution >= 4 is 23.2 Å². The molecule has 0 aliphatic heterocycles. The highest BCUT2D eigenvalue weighted by atomic mass is 35.5. The molecule has 0 bridgehead atoms. The van der Waals surface area contributed by atoms with Gasteiger partial charge in [-0.3, -0.25) is 4.79 Å². The van der Waals surface area contributed by atoms with Gasteiger partial charge in [0.1, 0.15) is 0 Å². The summed E-state index contributed by atoms with van der Waals surface area (Å²) in [7, 11) is 0. The Morgan fingerprint density at radius 1 is 1.29 bits per heavy atom. The number of rotatable bonds is 2. The van der Waals surface area contributed by atoms with E-state index in [1.165, 1.54) is 0 Å². The summed E-state index contributed by atoms with van der Waals surface area (Å²) in [5.74, 6) is 5.56. The number of nitrogens with two attached hydrogens (primary N) is 1. The number of anilines is 1. The van der Waals surface area contributed by atoms with Gasteiger partial charge in [0, 0.05) is 21.8 Å². The van der Waals surface area contributed by atoms with E-state index in [0.717, 1.165) is 11.1 Å². The van der Waals surface area contributed by atoms with Gasteiger partial charge in [-0.15, -0.1) is 0 Å². The van der Waals surface area contributed by atoms with E-state index >= 15 is 0 Å². The summed E-state index contributed by atoms with van der Waals surface area (Å²) in [6, 6.07) is 12.4. The third-order valence-corrected chi connectivity index (χ3v) is 3.14. The Morgan fingerprint density at radius 2 is 2.10 bits per heavy atom. The summed E-state index contributed by atoms with van der Waals surface area (Å²) in [5.41, 5.74) is 8.39. The van der Waals surface area contributed by atoms with Crippen LogP contribution < -0.4 is 11.1 Å². The van der Waals surface area contributed by atoms with E-state index in [4.69, 9.17) is 17.3 Å². The number of aryl methyl sites for hydroxylation is 1. The topological polar surface area (TPSA) is 55.1 Å². The van der Waals surface area contributed by atoms with Crippen molar-refractivity contribution in [2.75, 3.05) is 11.9 Å². The monoisotopic (exact) mass is 298 g/mol. The first kappa shape index (κ1) is 15.1. The van der Waals surface area contributed by atoms with Crippen LogP contribution >= 0.6 is 11.6 Å². The van der Waals surface area contributed by atoms with Gasteiger partial charge in [-0.1, -0.05) is 35.6 Å². The molecule has 2 rings (SSSR count). The first-order chi connectivity index (χ1) is 10.1. The lowest BCUT2D eigenvalue weighted by atomic mass is 10.0. The second-order valence-corrected chi connectivity index (χ2v) is 4.94. The number of carbonyl (C=O) groups excluding carboxylic acids is 1. The zero-order valence-electron chi connectivity index (χ0n) is 11.6. The average molecular weight is 299 g/mol. The molecule has 0 fully saturated rings. The molecule has 2 aromatic carbocycles. The lowest BCUT2D eigenvalue weighted by Gasteiger charge is -2.07. The number of benzene rings is 2. The minimum absolute atomic E-state index is 0.201. The molecule has 0 aliphatic carbocycles. The molecule has 3 N–H and O–H groups in total. The SMILES string of the molecule is Cc1ccc(C(=O)Nc2cccc(Cl)c2)cc1C#CCN. The molecular formula is C17H15ClN2O. The Labute approximate surface area is 129 Å². The van der Waals surface area contributed by atoms with Gasteiger partial charge in [-0.2, -0.15) is 0 Å². The minimum atomic E-state index is -0.201. The summed E-state index contributed by atoms with van der Waals surface area (Å²) in [6.07, 6.45) is 0. The van der Waals surface area contributed by atoms with Crippen LogP contribution in [-0.4, -0.2) is 12.5 Å². The van der Waals surface area contributed by atoms with Crippen molar-refractivity contribution in [2.24, 2.45) is 5.73 Å². The van der Waals surface area contributed by atoms with E-state index in [1.807, 2.05) is 13.0 Å². The maximum absolute atomic E-state index is 12.2. The van der Waals surface area contributed by atoms with E-state index in [9.17, 15) is 4.79 Å². The van der Waals surface area contributed by atoms with E-state index in [1.54, 1.807) is 36.4 Å². The van der Waals surface area contributed by atoms with Crippen molar-refractivity contribution in [3.05, 3.63) is 64.2 Å². The van der Waals surface area contributed by atoms with Crippen LogP contribution in [0.4, 0.5) is 5.69 Å². The van der Waals surface area contributed by atoms with Gasteiger partial charge in [-0.05, 0) is 42.8 Å². The quantitative estimate of drug-likeness (QED) is 0.837. The Balaban J connectivity index is 2.23. The van der Waals surface area contributed by atoms with Gasteiger partial charge in [0.25, 0.3) is 5.91 Å². The molecule has 0 saturated carbocycles. The Morgan fingerprint density at radius 3 is 2.81 bits per heavy atom. The fourth-order valence-corrected chi connectivity index (χ4v) is 2.00. The van der Waals surface area contributed by atoms with E-state index in [-0.39, 0.29) is 5.91 Å². The van der Waals surface area contributed by atoms with Crippen molar-refractivity contribution in [1.82, 2.24) is 0 Å². The third-order valence-electron chi connectivity index (χ3n) is 2.91. The molecule has 21 heavy (non-hydrogen) atoms. The van der Waals surface area contributed by atoms with Gasteiger partial charge >= 0.3 is 0 Å². The highest BCUT2D eigenvalue weighted by molar-refractivity contribution is 6.30. The van der Waals surface area contributed by atoms with Crippen LogP contribution in [-0.2, 0) is 0 Å². The van der Waals surface area contributed by atoms with Crippen LogP contribution in [0.25, 0.3) is 0 Å². The van der Waals surface area contributed by atoms with Crippen molar-refractivity contribution < 1.29 is 4.79 Å². The van der Waals surface area contributed by atoms with Gasteiger partial charge < -0.3 is 11.1 Å². The number of halogens is 1. The average Bonchev–Trinajstić information content (AvgIpc) is 2.46. The molecule has 0 radical (unpaired) electrons. The van der Waals surface area contributed by atoms with Crippen LogP contribution in [0.5, 0.6) is 0 Å². The van der Waals surface area contributed by atoms with Crippen LogP contribution in [0, 0.1) is 18.8 Å². The Kier molecular flexibility index (Phi) is 4.99. The minimum Gasteiger partial charge on any atom is -0.322 e. The first-order valence-corrected chi connectivity index (χ1v) is 6.84. The maximum Gasteiger partial charge on any atom is 0.255 e. The van der Waals surface area contributed by atoms with Crippen LogP contribution in [0.2, 0.25) is 5.02 Å². The number of nitrogens with one attached hydrogen (secondary N) is 1. The number of carbonyl (C=O) groups is 1. The maximum atomic E-state index is 12.2. The van der Waals surface area contributed by atoms with Crippen LogP contribution in [0.1, 0.15) is 21.5 Å². The lowest BCUT2D eigenvalue weighted by Crippen LogP contribution is -2.12. The molecular weight excluding hydrogens is 284 g/mol. The van der Waals surface area contributed by atoms with Gasteiger partial charge in [0.05, 0.1) is 6.54 Å². The molecule has 0 spiro atoms. The molecule has 0 aromatic heterocycles. The highest BCUT2D eigenvalue weighted by Crippen LogP contribution is 2.17. The molecule has 0 aliphatic rings. The molecule has 0 unspecified atom stereocenters. The summed E-state index contributed by atoms with van der Waals surface area (Å²) >= 11 is 5.90. The van der Waals surface area contributed by atoms with Crippen molar-refractivity contribution in [2.45, 2.75) is 6.92 Å². The summed E-state index contributed by atoms with van der Waals surface area (Å²) in [4.78, 5) is 12.2. The normalized spacial score (nSPS) is 9.67. The zero-order valence-corrected chi connectivity index (χ0v) is 12.4. The molecule has 1 amide bonds. The largest absolute Gasteiger partial charge is 0.322 e. The fourth-order valence-electron chi connectivity index (χ4n) is 1.81. The second-order valence-electron chi connectivity index (χ2n) is 4.50. The molecule has 2 aromatic rings. The van der Waals surface area contributed by atoms with Crippen LogP contribution in [0.15, 0.2) is 42.5 Å². The Hall–Kier alpha value is -2.28. The summed E-state index contributed by atoms with van der Waals surface area (Å²) in [5, 5.41) is 3.38. The predicted molar refractivity (Wildman–Crippen MR) is 86.5 cm³/mol. The Bertz CT molecular complexity index is 729. The third kappa shape index (κ3) is 4.09. The van der Waals surface area contributed by atoms with Gasteiger partial charge in [0.2, 0.25) is 0 Å². The zero-order chi connectivity index (χ0) is 15.2. The van der Waals surface area contributed by atoms with Gasteiger partial charge in [-0.25, -0.2) is 0 Å². The van der Waals surface area contributed by atoms with E-state index in [0.29, 0.717) is 22.8 Å². The van der Waals surface area contributed by atoms with Crippen LogP contribution in [0.3, 0.4) is 0 Å². The van der Waals surface area contributed by atoms with Gasteiger partial charge in [0.15, 0.2) is 0 Å². The van der Waals surface area contributed by atoms with Crippen molar-refractivity contribution in [3.8, 4) is 11.8 Å². The predicted octanol–water partition coefficient (Wildman–Crippen LogP) is 3.21. The van der Waals surface area contributed by atoms with E-state index < -0.39 is 0 Å². The second kappa shape index (κ2) is 6.94. The highest BCUT2D eigenvalue weighted by Gasteiger charge is 2.08. The molecule has 0 saturated heterocycles. The molecule has 0 atom stereocenters. The number of hydrogen-bond acceptors (Lipinski definition) is 2. The summed E-state index contributed by atoms with van der Waals surface area (Å²) in [6.45, 7) is 2.23. The molecule has 3 nitrogen and oxygen atoms in total. The smallest absolute Gasteiger partial charge is 0.255 e. The first-order valence-electron chi connectivity index (χ1n) is 6.46. The lowest BCUT2D eigenvalue weighted by molar-refractivity contribution is 0.102. The number of hydrogen-bond donors (Lipinski definition) is 2. The van der Waals surface area contributed by atoms with E-state index in [2.05, 4.69) is 17.2 Å². The van der Waals surface area contributed by atoms with Crippen molar-refractivity contribution in [1.29, 1.82) is 0 Å².